The summed E-state index contributed by atoms with van der Waals surface area (Å²) in [6.45, 7) is 6.08. The molecular weight excluding hydrogens is 454 g/mol. The summed E-state index contributed by atoms with van der Waals surface area (Å²) in [5.74, 6) is 0.287. The topological polar surface area (TPSA) is 118 Å². The highest BCUT2D eigenvalue weighted by atomic mass is 32.2. The molecule has 1 atom stereocenters. The van der Waals surface area contributed by atoms with Crippen molar-refractivity contribution in [2.75, 3.05) is 23.0 Å². The number of aromatic nitrogens is 3. The maximum absolute atomic E-state index is 13.7. The van der Waals surface area contributed by atoms with E-state index in [0.717, 1.165) is 5.75 Å². The van der Waals surface area contributed by atoms with Gasteiger partial charge < -0.3 is 20.5 Å². The van der Waals surface area contributed by atoms with Crippen LogP contribution in [0.4, 0.5) is 11.6 Å². The first-order valence-corrected chi connectivity index (χ1v) is 11.9. The Hall–Kier alpha value is -3.79. The third-order valence-electron chi connectivity index (χ3n) is 5.27. The molecule has 10 heteroatoms. The number of para-hydroxylation sites is 2. The van der Waals surface area contributed by atoms with Crippen molar-refractivity contribution in [1.29, 1.82) is 0 Å². The van der Waals surface area contributed by atoms with Crippen molar-refractivity contribution in [3.63, 3.8) is 0 Å². The number of anilines is 2. The molecule has 0 fully saturated rings. The predicted molar refractivity (Wildman–Crippen MR) is 131 cm³/mol. The Bertz CT molecular complexity index is 1270. The van der Waals surface area contributed by atoms with E-state index in [0.29, 0.717) is 46.0 Å². The van der Waals surface area contributed by atoms with Gasteiger partial charge in [-0.15, -0.1) is 5.10 Å². The second-order valence-corrected chi connectivity index (χ2v) is 8.67. The van der Waals surface area contributed by atoms with Crippen LogP contribution in [0.25, 0.3) is 0 Å². The van der Waals surface area contributed by atoms with Gasteiger partial charge >= 0.3 is 5.97 Å². The number of nitrogens with one attached hydrogen (secondary N) is 2. The summed E-state index contributed by atoms with van der Waals surface area (Å²) >= 11 is 1.46. The van der Waals surface area contributed by atoms with Crippen molar-refractivity contribution in [1.82, 2.24) is 14.8 Å². The fourth-order valence-electron chi connectivity index (χ4n) is 3.87. The van der Waals surface area contributed by atoms with Gasteiger partial charge in [0.05, 0.1) is 23.4 Å². The van der Waals surface area contributed by atoms with Gasteiger partial charge in [0.25, 0.3) is 5.91 Å². The molecule has 176 valence electrons. The van der Waals surface area contributed by atoms with Gasteiger partial charge in [0.2, 0.25) is 11.1 Å². The molecule has 1 aromatic heterocycles. The number of fused-ring (bicyclic) bond motifs is 1. The van der Waals surface area contributed by atoms with Crippen LogP contribution in [-0.2, 0) is 4.79 Å². The SMILES string of the molecule is CCOc1ccccc1NC(=O)C1=C(C)Nc2nc(SCC)nn2C1c1ccccc1C(=O)O. The Morgan fingerprint density at radius 3 is 2.65 bits per heavy atom. The van der Waals surface area contributed by atoms with Crippen molar-refractivity contribution < 1.29 is 19.4 Å². The minimum absolute atomic E-state index is 0.0911. The summed E-state index contributed by atoms with van der Waals surface area (Å²) in [5, 5.41) is 21.1. The minimum atomic E-state index is -1.09. The lowest BCUT2D eigenvalue weighted by Crippen LogP contribution is -2.32. The number of carboxylic acids is 1. The third kappa shape index (κ3) is 4.49. The van der Waals surface area contributed by atoms with E-state index in [-0.39, 0.29) is 5.56 Å². The maximum Gasteiger partial charge on any atom is 0.336 e. The molecule has 0 radical (unpaired) electrons. The lowest BCUT2D eigenvalue weighted by Gasteiger charge is -2.29. The first-order valence-electron chi connectivity index (χ1n) is 10.9. The Kier molecular flexibility index (Phi) is 6.87. The van der Waals surface area contributed by atoms with Crippen LogP contribution in [0.5, 0.6) is 5.75 Å². The van der Waals surface area contributed by atoms with Crippen LogP contribution in [0.2, 0.25) is 0 Å². The molecule has 0 saturated heterocycles. The van der Waals surface area contributed by atoms with Gasteiger partial charge in [-0.25, -0.2) is 9.48 Å². The molecule has 1 aliphatic rings. The summed E-state index contributed by atoms with van der Waals surface area (Å²) in [7, 11) is 0. The number of allylic oxidation sites excluding steroid dienone is 1. The molecule has 3 aromatic rings. The number of carboxylic acid groups (broad SMARTS) is 1. The number of carbonyl (C=O) groups excluding carboxylic acids is 1. The normalized spacial score (nSPS) is 14.9. The van der Waals surface area contributed by atoms with E-state index in [9.17, 15) is 14.7 Å². The number of aromatic carboxylic acids is 1. The molecule has 0 spiro atoms. The van der Waals surface area contributed by atoms with E-state index >= 15 is 0 Å². The Balaban J connectivity index is 1.83. The molecule has 0 bridgehead atoms. The highest BCUT2D eigenvalue weighted by Gasteiger charge is 2.36. The summed E-state index contributed by atoms with van der Waals surface area (Å²) in [4.78, 5) is 30.2. The number of carbonyl (C=O) groups is 2. The summed E-state index contributed by atoms with van der Waals surface area (Å²) in [6, 6.07) is 13.0. The standard InChI is InChI=1S/C24H25N5O4S/c1-4-33-18-13-9-8-12-17(18)26-21(30)19-14(3)25-23-27-24(34-5-2)28-29(23)20(19)15-10-6-7-11-16(15)22(31)32/h6-13,20H,4-5H2,1-3H3,(H,26,30)(H,31,32)(H,25,27,28). The molecule has 34 heavy (non-hydrogen) atoms. The number of benzene rings is 2. The molecule has 2 aromatic carbocycles. The molecule has 9 nitrogen and oxygen atoms in total. The highest BCUT2D eigenvalue weighted by Crippen LogP contribution is 2.38. The zero-order valence-corrected chi connectivity index (χ0v) is 19.8. The number of ether oxygens (including phenoxy) is 1. The van der Waals surface area contributed by atoms with E-state index in [2.05, 4.69) is 20.7 Å². The van der Waals surface area contributed by atoms with Crippen LogP contribution in [-0.4, -0.2) is 44.1 Å². The second-order valence-electron chi connectivity index (χ2n) is 7.44. The quantitative estimate of drug-likeness (QED) is 0.407. The number of hydrogen-bond donors (Lipinski definition) is 3. The molecule has 0 saturated carbocycles. The number of amides is 1. The zero-order chi connectivity index (χ0) is 24.2. The van der Waals surface area contributed by atoms with Gasteiger partial charge in [-0.1, -0.05) is 49.0 Å². The summed E-state index contributed by atoms with van der Waals surface area (Å²) in [6.07, 6.45) is 0. The number of nitrogens with zero attached hydrogens (tertiary/aromatic N) is 3. The average molecular weight is 480 g/mol. The van der Waals surface area contributed by atoms with E-state index < -0.39 is 17.9 Å². The van der Waals surface area contributed by atoms with Crippen LogP contribution in [0.3, 0.4) is 0 Å². The van der Waals surface area contributed by atoms with Gasteiger partial charge in [-0.3, -0.25) is 4.79 Å². The van der Waals surface area contributed by atoms with Crippen molar-refractivity contribution >= 4 is 35.3 Å². The zero-order valence-electron chi connectivity index (χ0n) is 19.0. The fraction of sp³-hybridized carbons (Fsp3) is 0.250. The van der Waals surface area contributed by atoms with E-state index in [4.69, 9.17) is 4.74 Å². The largest absolute Gasteiger partial charge is 0.492 e. The molecular formula is C24H25N5O4S. The van der Waals surface area contributed by atoms with Crippen LogP contribution >= 0.6 is 11.8 Å². The van der Waals surface area contributed by atoms with Gasteiger partial charge in [-0.2, -0.15) is 4.98 Å². The monoisotopic (exact) mass is 479 g/mol. The lowest BCUT2D eigenvalue weighted by molar-refractivity contribution is -0.113. The summed E-state index contributed by atoms with van der Waals surface area (Å²) < 4.78 is 7.23. The molecule has 3 N–H and O–H groups in total. The Morgan fingerprint density at radius 2 is 1.91 bits per heavy atom. The first-order chi connectivity index (χ1) is 16.4. The van der Waals surface area contributed by atoms with Crippen molar-refractivity contribution in [3.05, 3.63) is 70.9 Å². The molecule has 4 rings (SSSR count). The van der Waals surface area contributed by atoms with E-state index in [1.54, 1.807) is 48.0 Å². The number of rotatable bonds is 8. The molecule has 1 amide bonds. The van der Waals surface area contributed by atoms with Gasteiger partial charge in [0, 0.05) is 5.70 Å². The first kappa shape index (κ1) is 23.4. The van der Waals surface area contributed by atoms with Crippen molar-refractivity contribution in [3.8, 4) is 5.75 Å². The van der Waals surface area contributed by atoms with Gasteiger partial charge in [-0.05, 0) is 43.4 Å². The molecule has 1 unspecified atom stereocenters. The molecule has 1 aliphatic heterocycles. The number of hydrogen-bond acceptors (Lipinski definition) is 7. The van der Waals surface area contributed by atoms with Crippen molar-refractivity contribution in [2.24, 2.45) is 0 Å². The minimum Gasteiger partial charge on any atom is -0.492 e. The molecule has 0 aliphatic carbocycles. The predicted octanol–water partition coefficient (Wildman–Crippen LogP) is 4.41. The Morgan fingerprint density at radius 1 is 1.18 bits per heavy atom. The van der Waals surface area contributed by atoms with Crippen LogP contribution in [0.15, 0.2) is 65.0 Å². The van der Waals surface area contributed by atoms with E-state index in [1.807, 2.05) is 19.9 Å². The maximum atomic E-state index is 13.7. The third-order valence-corrected chi connectivity index (χ3v) is 5.99. The lowest BCUT2D eigenvalue weighted by atomic mass is 9.91. The van der Waals surface area contributed by atoms with Crippen LogP contribution in [0, 0.1) is 0 Å². The van der Waals surface area contributed by atoms with Crippen LogP contribution < -0.4 is 15.4 Å². The highest BCUT2D eigenvalue weighted by molar-refractivity contribution is 7.99. The fourth-order valence-corrected chi connectivity index (χ4v) is 4.43. The summed E-state index contributed by atoms with van der Waals surface area (Å²) in [5.41, 5.74) is 1.95. The smallest absolute Gasteiger partial charge is 0.336 e. The van der Waals surface area contributed by atoms with Gasteiger partial charge in [0.15, 0.2) is 0 Å². The second kappa shape index (κ2) is 10.0. The average Bonchev–Trinajstić information content (AvgIpc) is 3.21. The molecule has 2 heterocycles. The van der Waals surface area contributed by atoms with Gasteiger partial charge in [0.1, 0.15) is 11.8 Å². The van der Waals surface area contributed by atoms with Crippen molar-refractivity contribution in [2.45, 2.75) is 32.0 Å². The van der Waals surface area contributed by atoms with E-state index in [1.165, 1.54) is 17.8 Å². The Labute approximate surface area is 201 Å². The number of thioether (sulfide) groups is 1. The van der Waals surface area contributed by atoms with Crippen LogP contribution in [0.1, 0.15) is 42.7 Å².